The number of benzene rings is 3. The van der Waals surface area contributed by atoms with E-state index >= 15 is 8.42 Å². The monoisotopic (exact) mass is 976 g/mol. The quantitative estimate of drug-likeness (QED) is 0.0762. The van der Waals surface area contributed by atoms with Crippen molar-refractivity contribution in [3.63, 3.8) is 0 Å². The Morgan fingerprint density at radius 1 is 1.00 bits per heavy atom. The predicted molar refractivity (Wildman–Crippen MR) is 263 cm³/mol. The van der Waals surface area contributed by atoms with Crippen LogP contribution in [0.3, 0.4) is 0 Å². The van der Waals surface area contributed by atoms with Crippen molar-refractivity contribution < 1.29 is 41.8 Å². The second kappa shape index (κ2) is 17.9. The van der Waals surface area contributed by atoms with Crippen LogP contribution in [0.1, 0.15) is 88.2 Å². The number of ether oxygens (including phenoxy) is 5. The van der Waals surface area contributed by atoms with Crippen molar-refractivity contribution >= 4 is 55.2 Å². The number of aromatic nitrogens is 2. The molecule has 5 aliphatic heterocycles. The number of hydrogen-bond donors (Lipinski definition) is 3. The van der Waals surface area contributed by atoms with Gasteiger partial charge in [0.25, 0.3) is 11.6 Å². The second-order valence-electron chi connectivity index (χ2n) is 20.3. The average Bonchev–Trinajstić information content (AvgIpc) is 4.12. The van der Waals surface area contributed by atoms with Gasteiger partial charge in [-0.05, 0) is 109 Å². The molecule has 1 amide bonds. The Hall–Kier alpha value is -6.15. The molecular formula is C51H60N8O10S. The van der Waals surface area contributed by atoms with Crippen molar-refractivity contribution in [1.29, 1.82) is 0 Å². The number of anilines is 4. The lowest BCUT2D eigenvalue weighted by Gasteiger charge is -2.56. The Morgan fingerprint density at radius 3 is 2.56 bits per heavy atom. The van der Waals surface area contributed by atoms with Gasteiger partial charge < -0.3 is 49.5 Å². The third-order valence-corrected chi connectivity index (χ3v) is 16.9. The van der Waals surface area contributed by atoms with E-state index in [0.29, 0.717) is 36.2 Å². The molecule has 4 N–H and O–H groups in total. The molecule has 4 fully saturated rings. The molecule has 6 aliphatic rings. The molecule has 18 nitrogen and oxygen atoms in total. The van der Waals surface area contributed by atoms with E-state index in [-0.39, 0.29) is 88.5 Å². The number of piperidine rings is 1. The van der Waals surface area contributed by atoms with Gasteiger partial charge in [-0.25, -0.2) is 8.42 Å². The van der Waals surface area contributed by atoms with Crippen LogP contribution in [0.15, 0.2) is 76.7 Å². The number of sulfone groups is 1. The Morgan fingerprint density at radius 2 is 1.80 bits per heavy atom. The van der Waals surface area contributed by atoms with E-state index < -0.39 is 44.5 Å². The number of nitro benzene ring substituents is 1. The van der Waals surface area contributed by atoms with Gasteiger partial charge in [-0.1, -0.05) is 18.2 Å². The number of likely N-dealkylation sites (tertiary alicyclic amines) is 1. The number of amides is 1. The van der Waals surface area contributed by atoms with Crippen molar-refractivity contribution in [2.45, 2.75) is 118 Å². The summed E-state index contributed by atoms with van der Waals surface area (Å²) in [5.41, 5.74) is 8.47. The van der Waals surface area contributed by atoms with Crippen molar-refractivity contribution in [2.24, 2.45) is 11.1 Å². The number of carbonyl (C=O) groups is 1. The van der Waals surface area contributed by atoms with E-state index in [9.17, 15) is 14.9 Å². The first-order chi connectivity index (χ1) is 33.7. The van der Waals surface area contributed by atoms with Crippen LogP contribution in [0.5, 0.6) is 17.4 Å². The summed E-state index contributed by atoms with van der Waals surface area (Å²) in [7, 11) is -4.78. The zero-order valence-corrected chi connectivity index (χ0v) is 40.7. The molecule has 370 valence electrons. The lowest BCUT2D eigenvalue weighted by atomic mass is 9.60. The van der Waals surface area contributed by atoms with Crippen LogP contribution in [-0.4, -0.2) is 117 Å². The summed E-state index contributed by atoms with van der Waals surface area (Å²) < 4.78 is 62.6. The summed E-state index contributed by atoms with van der Waals surface area (Å²) in [6, 6.07) is 17.4. The zero-order valence-electron chi connectivity index (χ0n) is 39.9. The number of hydrogen-bond acceptors (Lipinski definition) is 15. The smallest absolute Gasteiger partial charge is 0.297 e. The van der Waals surface area contributed by atoms with Crippen LogP contribution in [0.4, 0.5) is 28.4 Å². The number of nitrogens with zero attached hydrogens (tertiary/aromatic N) is 5. The fourth-order valence-electron chi connectivity index (χ4n) is 11.8. The molecule has 5 aromatic rings. The summed E-state index contributed by atoms with van der Waals surface area (Å²) in [6.45, 7) is 10.6. The Bertz CT molecular complexity index is 2960. The highest BCUT2D eigenvalue weighted by atomic mass is 32.2. The van der Waals surface area contributed by atoms with Crippen LogP contribution in [0, 0.1) is 15.5 Å². The van der Waals surface area contributed by atoms with Gasteiger partial charge >= 0.3 is 0 Å². The number of para-hydroxylation sites is 1. The van der Waals surface area contributed by atoms with Gasteiger partial charge in [0.05, 0.1) is 70.9 Å². The molecule has 0 bridgehead atoms. The zero-order chi connectivity index (χ0) is 48.6. The maximum absolute atomic E-state index is 16.0. The number of aromatic amines is 1. The minimum Gasteiger partial charge on any atom is -0.491 e. The van der Waals surface area contributed by atoms with E-state index in [1.165, 1.54) is 11.6 Å². The molecule has 4 atom stereocenters. The lowest BCUT2D eigenvalue weighted by Crippen LogP contribution is -2.55. The lowest BCUT2D eigenvalue weighted by molar-refractivity contribution is -0.384. The summed E-state index contributed by atoms with van der Waals surface area (Å²) in [5, 5.41) is 16.8. The number of nitrogens with one attached hydrogen (secondary N) is 2. The van der Waals surface area contributed by atoms with Gasteiger partial charge in [0, 0.05) is 54.5 Å². The second-order valence-corrected chi connectivity index (χ2v) is 22.2. The maximum atomic E-state index is 16.0. The fourth-order valence-corrected chi connectivity index (χ4v) is 13.5. The summed E-state index contributed by atoms with van der Waals surface area (Å²) in [4.78, 5) is 40.0. The van der Waals surface area contributed by atoms with Gasteiger partial charge in [0.2, 0.25) is 15.7 Å². The summed E-state index contributed by atoms with van der Waals surface area (Å²) >= 11 is 0. The van der Waals surface area contributed by atoms with Crippen LogP contribution >= 0.6 is 0 Å². The highest BCUT2D eigenvalue weighted by Gasteiger charge is 2.51. The van der Waals surface area contributed by atoms with Crippen molar-refractivity contribution in [3.05, 3.63) is 88.1 Å². The number of fused-ring (bicyclic) bond motifs is 4. The highest BCUT2D eigenvalue weighted by molar-refractivity contribution is 7.91. The largest absolute Gasteiger partial charge is 0.491 e. The number of primary amides is 1. The fraction of sp³-hybridized carbons (Fsp3) is 0.490. The van der Waals surface area contributed by atoms with Crippen LogP contribution < -0.4 is 35.1 Å². The molecule has 0 radical (unpaired) electrons. The van der Waals surface area contributed by atoms with E-state index in [4.69, 9.17) is 34.4 Å². The van der Waals surface area contributed by atoms with Crippen LogP contribution in [0.2, 0.25) is 0 Å². The van der Waals surface area contributed by atoms with E-state index in [1.54, 1.807) is 23.2 Å². The van der Waals surface area contributed by atoms with Crippen molar-refractivity contribution in [2.75, 3.05) is 61.2 Å². The molecule has 3 saturated heterocycles. The number of H-pyrrole nitrogens is 1. The molecule has 1 spiro atoms. The molecule has 7 heterocycles. The number of nitrogens with two attached hydrogens (primary N) is 1. The molecule has 11 rings (SSSR count). The summed E-state index contributed by atoms with van der Waals surface area (Å²) in [6.07, 6.45) is 7.06. The number of nitro groups is 1. The van der Waals surface area contributed by atoms with E-state index in [0.717, 1.165) is 62.3 Å². The first-order valence-electron chi connectivity index (χ1n) is 24.5. The minimum atomic E-state index is -4.78. The van der Waals surface area contributed by atoms with Crippen molar-refractivity contribution in [1.82, 2.24) is 14.9 Å². The molecule has 2 aromatic heterocycles. The third kappa shape index (κ3) is 8.13. The third-order valence-electron chi connectivity index (χ3n) is 15.1. The Labute approximate surface area is 406 Å². The SMILES string of the molecule is CC(C)OC[C@@H]1COc2cc(S(=O)(=O)c3c(N4CCC5(CC4)CC(N4CCC[C@H]4c4ccccc4OC(C)C)C5)ccc(C(N)=O)c3N3c4cc5cc[nH]c5nc4O[C@@H]4COC[C@H]43)cc([N+](=O)[O-])c2N1. The highest BCUT2D eigenvalue weighted by Crippen LogP contribution is 2.56. The normalized spacial score (nSPS) is 23.1. The summed E-state index contributed by atoms with van der Waals surface area (Å²) in [5.74, 6) is 0.331. The van der Waals surface area contributed by atoms with Crippen LogP contribution in [-0.2, 0) is 19.3 Å². The Kier molecular flexibility index (Phi) is 11.8. The number of pyridine rings is 1. The topological polar surface area (TPSA) is 217 Å². The molecule has 0 unspecified atom stereocenters. The molecule has 70 heavy (non-hydrogen) atoms. The minimum absolute atomic E-state index is 0.0124. The molecular weight excluding hydrogens is 917 g/mol. The van der Waals surface area contributed by atoms with E-state index in [1.807, 2.05) is 32.0 Å². The molecule has 19 heteroatoms. The van der Waals surface area contributed by atoms with Gasteiger partial charge in [0.1, 0.15) is 34.7 Å². The number of carbonyl (C=O) groups excluding carboxylic acids is 1. The van der Waals surface area contributed by atoms with Gasteiger partial charge in [-0.15, -0.1) is 0 Å². The molecule has 1 saturated carbocycles. The first kappa shape index (κ1) is 46.2. The Balaban J connectivity index is 0.986. The predicted octanol–water partition coefficient (Wildman–Crippen LogP) is 7.67. The average molecular weight is 977 g/mol. The number of rotatable bonds is 13. The van der Waals surface area contributed by atoms with Gasteiger partial charge in [-0.2, -0.15) is 4.98 Å². The van der Waals surface area contributed by atoms with Crippen LogP contribution in [0.25, 0.3) is 11.0 Å². The van der Waals surface area contributed by atoms with Crippen molar-refractivity contribution in [3.8, 4) is 17.4 Å². The molecule has 3 aromatic carbocycles. The standard InChI is InChI=1S/C51H60N8O10S/c1-29(2)66-25-32-26-67-43-22-34(21-39(59(61)62)45(43)54-32)70(63,64)47-38(12-11-36(48(52)60)46(47)58-40-20-31-13-16-53-49(31)55-50(40)69-44-28-65-27-41(44)58)56-18-14-51(15-19-56)23-33(24-51)57-17-7-9-37(57)35-8-5-6-10-42(35)68-30(3)4/h5-6,8,10-13,16,20-22,29-30,32-33,37,41,44,54H,7,9,14-15,17-19,23-28H2,1-4H3,(H2,52,60)(H,53,55)/t32-,37+,41-,44-/m1/s1. The molecule has 1 aliphatic carbocycles. The van der Waals surface area contributed by atoms with Gasteiger partial charge in [-0.3, -0.25) is 19.8 Å². The van der Waals surface area contributed by atoms with Gasteiger partial charge in [0.15, 0.2) is 11.4 Å². The maximum Gasteiger partial charge on any atom is 0.297 e. The van der Waals surface area contributed by atoms with E-state index in [2.05, 4.69) is 52.1 Å². The first-order valence-corrected chi connectivity index (χ1v) is 26.0.